The van der Waals surface area contributed by atoms with Crippen LogP contribution >= 0.6 is 0 Å². The Morgan fingerprint density at radius 2 is 1.72 bits per heavy atom. The lowest BCUT2D eigenvalue weighted by Crippen LogP contribution is -2.35. The van der Waals surface area contributed by atoms with Crippen molar-refractivity contribution in [3.8, 4) is 5.75 Å². The van der Waals surface area contributed by atoms with Crippen LogP contribution in [0.3, 0.4) is 0 Å². The molecule has 0 bridgehead atoms. The summed E-state index contributed by atoms with van der Waals surface area (Å²) in [4.78, 5) is 27.5. The van der Waals surface area contributed by atoms with E-state index in [1.54, 1.807) is 24.3 Å². The van der Waals surface area contributed by atoms with Crippen LogP contribution in [0, 0.1) is 0 Å². The Hall–Kier alpha value is -3.21. The van der Waals surface area contributed by atoms with Gasteiger partial charge in [-0.3, -0.25) is 9.59 Å². The minimum absolute atomic E-state index is 0.0732. The molecule has 1 atom stereocenters. The van der Waals surface area contributed by atoms with Crippen LogP contribution in [-0.2, 0) is 24.3 Å². The number of ether oxygens (including phenoxy) is 2. The summed E-state index contributed by atoms with van der Waals surface area (Å²) in [7, 11) is -0.634. The van der Waals surface area contributed by atoms with Crippen LogP contribution in [0.5, 0.6) is 5.75 Å². The number of sulfonamides is 1. The molecule has 4 rings (SSSR count). The highest BCUT2D eigenvalue weighted by Gasteiger charge is 2.46. The molecule has 2 aromatic rings. The summed E-state index contributed by atoms with van der Waals surface area (Å²) >= 11 is 0. The van der Waals surface area contributed by atoms with E-state index in [4.69, 9.17) is 9.47 Å². The molecule has 1 unspecified atom stereocenters. The molecule has 2 fully saturated rings. The molecule has 1 N–H and O–H groups in total. The summed E-state index contributed by atoms with van der Waals surface area (Å²) in [5.41, 5.74) is 0.761. The average molecular weight is 515 g/mol. The molecular weight excluding hydrogens is 484 g/mol. The smallest absolute Gasteiger partial charge is 0.295 e. The molecule has 0 aromatic heterocycles. The summed E-state index contributed by atoms with van der Waals surface area (Å²) < 4.78 is 37.9. The van der Waals surface area contributed by atoms with Crippen molar-refractivity contribution in [1.82, 2.24) is 9.21 Å². The molecule has 2 aromatic carbocycles. The lowest BCUT2D eigenvalue weighted by molar-refractivity contribution is -0.140. The van der Waals surface area contributed by atoms with Crippen molar-refractivity contribution in [1.29, 1.82) is 0 Å². The molecule has 0 spiro atoms. The summed E-state index contributed by atoms with van der Waals surface area (Å²) in [6.45, 7) is 1.31. The number of aliphatic hydroxyl groups excluding tert-OH is 1. The number of hydrogen-bond donors (Lipinski definition) is 1. The Kier molecular flexibility index (Phi) is 7.77. The zero-order valence-corrected chi connectivity index (χ0v) is 21.2. The lowest BCUT2D eigenvalue weighted by atomic mass is 9.95. The molecular formula is C26H30N2O7S. The third kappa shape index (κ3) is 4.88. The van der Waals surface area contributed by atoms with Gasteiger partial charge in [0.15, 0.2) is 0 Å². The number of ketones is 1. The van der Waals surface area contributed by atoms with Crippen LogP contribution in [0.25, 0.3) is 5.76 Å². The number of rotatable bonds is 8. The van der Waals surface area contributed by atoms with E-state index >= 15 is 0 Å². The van der Waals surface area contributed by atoms with E-state index in [0.717, 1.165) is 19.3 Å². The molecule has 10 heteroatoms. The van der Waals surface area contributed by atoms with Gasteiger partial charge in [0, 0.05) is 32.3 Å². The van der Waals surface area contributed by atoms with Gasteiger partial charge in [-0.05, 0) is 54.8 Å². The van der Waals surface area contributed by atoms with Gasteiger partial charge in [-0.25, -0.2) is 8.42 Å². The molecule has 0 aliphatic carbocycles. The second-order valence-electron chi connectivity index (χ2n) is 8.75. The van der Waals surface area contributed by atoms with E-state index in [1.807, 2.05) is 0 Å². The highest BCUT2D eigenvalue weighted by atomic mass is 32.2. The van der Waals surface area contributed by atoms with Gasteiger partial charge in [-0.2, -0.15) is 4.31 Å². The first-order valence-electron chi connectivity index (χ1n) is 11.8. The molecule has 0 radical (unpaired) electrons. The number of methoxy groups -OCH3 is 2. The maximum absolute atomic E-state index is 13.1. The van der Waals surface area contributed by atoms with Gasteiger partial charge in [0.25, 0.3) is 11.7 Å². The van der Waals surface area contributed by atoms with Crippen molar-refractivity contribution in [3.05, 3.63) is 65.2 Å². The highest BCUT2D eigenvalue weighted by molar-refractivity contribution is 7.89. The molecule has 1 amide bonds. The summed E-state index contributed by atoms with van der Waals surface area (Å²) in [5, 5.41) is 11.2. The number of hydrogen-bond acceptors (Lipinski definition) is 7. The number of Topliss-reactive ketones (excluding diaryl/α,β-unsaturated/α-hetero) is 1. The van der Waals surface area contributed by atoms with Crippen LogP contribution in [0.4, 0.5) is 0 Å². The zero-order valence-electron chi connectivity index (χ0n) is 20.3. The molecule has 2 aliphatic heterocycles. The van der Waals surface area contributed by atoms with Crippen molar-refractivity contribution < 1.29 is 32.6 Å². The first kappa shape index (κ1) is 25.9. The van der Waals surface area contributed by atoms with E-state index < -0.39 is 27.8 Å². The quantitative estimate of drug-likeness (QED) is 0.327. The van der Waals surface area contributed by atoms with Gasteiger partial charge < -0.3 is 19.5 Å². The number of carbonyl (C=O) groups excluding carboxylic acids is 2. The van der Waals surface area contributed by atoms with Gasteiger partial charge in [-0.1, -0.05) is 18.6 Å². The first-order valence-corrected chi connectivity index (χ1v) is 13.3. The normalized spacial score (nSPS) is 20.6. The highest BCUT2D eigenvalue weighted by Crippen LogP contribution is 2.40. The average Bonchev–Trinajstić information content (AvgIpc) is 3.17. The van der Waals surface area contributed by atoms with Crippen LogP contribution in [0.15, 0.2) is 59.0 Å². The van der Waals surface area contributed by atoms with Crippen LogP contribution < -0.4 is 4.74 Å². The molecule has 0 saturated carbocycles. The largest absolute Gasteiger partial charge is 0.507 e. The predicted molar refractivity (Wildman–Crippen MR) is 133 cm³/mol. The topological polar surface area (TPSA) is 113 Å². The second-order valence-corrected chi connectivity index (χ2v) is 10.7. The van der Waals surface area contributed by atoms with Crippen molar-refractivity contribution in [2.24, 2.45) is 0 Å². The first-order chi connectivity index (χ1) is 17.3. The summed E-state index contributed by atoms with van der Waals surface area (Å²) in [6, 6.07) is 11.8. The Morgan fingerprint density at radius 1 is 1.03 bits per heavy atom. The Morgan fingerprint density at radius 3 is 2.36 bits per heavy atom. The number of nitrogens with zero attached hydrogens (tertiary/aromatic N) is 2. The van der Waals surface area contributed by atoms with E-state index in [1.165, 1.54) is 47.7 Å². The lowest BCUT2D eigenvalue weighted by Gasteiger charge is -2.26. The van der Waals surface area contributed by atoms with Gasteiger partial charge in [0.1, 0.15) is 11.5 Å². The summed E-state index contributed by atoms with van der Waals surface area (Å²) in [6.07, 6.45) is 2.66. The van der Waals surface area contributed by atoms with Crippen molar-refractivity contribution in [2.45, 2.75) is 30.2 Å². The van der Waals surface area contributed by atoms with Gasteiger partial charge >= 0.3 is 0 Å². The maximum atomic E-state index is 13.1. The Labute approximate surface area is 211 Å². The minimum atomic E-state index is -3.65. The van der Waals surface area contributed by atoms with E-state index in [0.29, 0.717) is 24.4 Å². The van der Waals surface area contributed by atoms with E-state index in [2.05, 4.69) is 0 Å². The maximum Gasteiger partial charge on any atom is 0.295 e. The van der Waals surface area contributed by atoms with E-state index in [9.17, 15) is 23.1 Å². The van der Waals surface area contributed by atoms with Crippen LogP contribution in [-0.4, -0.2) is 74.9 Å². The molecule has 9 nitrogen and oxygen atoms in total. The van der Waals surface area contributed by atoms with Gasteiger partial charge in [-0.15, -0.1) is 0 Å². The fourth-order valence-corrected chi connectivity index (χ4v) is 6.17. The number of carbonyl (C=O) groups is 2. The third-order valence-corrected chi connectivity index (χ3v) is 8.48. The summed E-state index contributed by atoms with van der Waals surface area (Å²) in [5.74, 6) is -1.40. The SMILES string of the molecule is COCCN1C(=O)C(=O)C(=C(O)c2ccc(S(=O)(=O)N3CCCCC3)cc2)C1c1cccc(OC)c1. The third-order valence-electron chi connectivity index (χ3n) is 6.57. The van der Waals surface area contributed by atoms with Crippen LogP contribution in [0.1, 0.15) is 36.4 Å². The second kappa shape index (κ2) is 10.8. The molecule has 2 heterocycles. The number of benzene rings is 2. The zero-order chi connectivity index (χ0) is 25.9. The standard InChI is InChI=1S/C26H30N2O7S/c1-34-16-15-28-23(19-7-6-8-20(17-19)35-2)22(25(30)26(28)31)24(29)18-9-11-21(12-10-18)36(32,33)27-13-4-3-5-14-27/h6-12,17,23,29H,3-5,13-16H2,1-2H3. The van der Waals surface area contributed by atoms with Crippen molar-refractivity contribution in [3.63, 3.8) is 0 Å². The molecule has 2 aliphatic rings. The fourth-order valence-electron chi connectivity index (χ4n) is 4.65. The number of likely N-dealkylation sites (tertiary alicyclic amines) is 1. The molecule has 36 heavy (non-hydrogen) atoms. The monoisotopic (exact) mass is 514 g/mol. The Balaban J connectivity index is 1.74. The van der Waals surface area contributed by atoms with Gasteiger partial charge in [0.2, 0.25) is 10.0 Å². The number of piperidine rings is 1. The number of amides is 1. The Bertz CT molecular complexity index is 1270. The fraction of sp³-hybridized carbons (Fsp3) is 0.385. The van der Waals surface area contributed by atoms with Gasteiger partial charge in [0.05, 0.1) is 30.2 Å². The minimum Gasteiger partial charge on any atom is -0.507 e. The van der Waals surface area contributed by atoms with Crippen molar-refractivity contribution >= 4 is 27.5 Å². The predicted octanol–water partition coefficient (Wildman–Crippen LogP) is 2.94. The molecule has 192 valence electrons. The molecule has 2 saturated heterocycles. The number of aliphatic hydroxyl groups is 1. The van der Waals surface area contributed by atoms with Crippen molar-refractivity contribution in [2.75, 3.05) is 40.5 Å². The van der Waals surface area contributed by atoms with Crippen LogP contribution in [0.2, 0.25) is 0 Å². The van der Waals surface area contributed by atoms with E-state index in [-0.39, 0.29) is 34.9 Å².